The molecule has 2 heterocycles. The third-order valence-electron chi connectivity index (χ3n) is 1.69. The third kappa shape index (κ3) is 1.67. The van der Waals surface area contributed by atoms with Gasteiger partial charge < -0.3 is 4.40 Å². The Balaban J connectivity index is 0.000000336. The molecule has 0 N–H and O–H groups in total. The average Bonchev–Trinajstić information content (AvgIpc) is 2.54. The van der Waals surface area contributed by atoms with Crippen LogP contribution in [0.15, 0.2) is 36.7 Å². The molecule has 12 heavy (non-hydrogen) atoms. The normalized spacial score (nSPS) is 9.25. The summed E-state index contributed by atoms with van der Waals surface area (Å²) in [5.41, 5.74) is 2.58. The largest absolute Gasteiger partial charge is 0.324 e. The summed E-state index contributed by atoms with van der Waals surface area (Å²) in [6.45, 7) is 6.10. The monoisotopic (exact) mass is 161 g/mol. The Morgan fingerprint density at radius 2 is 1.83 bits per heavy atom. The second-order valence-corrected chi connectivity index (χ2v) is 2.54. The zero-order valence-electron chi connectivity index (χ0n) is 7.91. The highest BCUT2D eigenvalue weighted by atomic mass is 14.8. The van der Waals surface area contributed by atoms with Gasteiger partial charge in [0, 0.05) is 17.9 Å². The number of fused-ring (bicyclic) bond motifs is 1. The molecule has 0 radical (unpaired) electrons. The van der Waals surface area contributed by atoms with E-state index in [1.807, 2.05) is 13.8 Å². The number of pyridine rings is 1. The van der Waals surface area contributed by atoms with Crippen molar-refractivity contribution in [2.24, 2.45) is 0 Å². The van der Waals surface area contributed by atoms with Crippen molar-refractivity contribution in [1.29, 1.82) is 0 Å². The number of aryl methyl sites for hydroxylation is 1. The molecule has 0 unspecified atom stereocenters. The molecule has 1 nitrogen and oxygen atoms in total. The Hall–Kier alpha value is -1.24. The van der Waals surface area contributed by atoms with E-state index in [0.29, 0.717) is 0 Å². The first kappa shape index (κ1) is 8.85. The highest BCUT2D eigenvalue weighted by molar-refractivity contribution is 5.49. The molecule has 64 valence electrons. The molecular weight excluding hydrogens is 146 g/mol. The summed E-state index contributed by atoms with van der Waals surface area (Å²) in [6, 6.07) is 8.43. The van der Waals surface area contributed by atoms with E-state index in [0.717, 1.165) is 0 Å². The molecular formula is C11H15N. The molecule has 0 atom stereocenters. The van der Waals surface area contributed by atoms with E-state index in [2.05, 4.69) is 48.0 Å². The number of aromatic nitrogens is 1. The van der Waals surface area contributed by atoms with E-state index < -0.39 is 0 Å². The third-order valence-corrected chi connectivity index (χ3v) is 1.69. The fourth-order valence-corrected chi connectivity index (χ4v) is 1.14. The molecule has 0 aliphatic rings. The van der Waals surface area contributed by atoms with Crippen molar-refractivity contribution in [3.8, 4) is 0 Å². The second-order valence-electron chi connectivity index (χ2n) is 2.54. The van der Waals surface area contributed by atoms with Gasteiger partial charge in [0.25, 0.3) is 0 Å². The highest BCUT2D eigenvalue weighted by Crippen LogP contribution is 2.05. The molecule has 2 aromatic rings. The summed E-state index contributed by atoms with van der Waals surface area (Å²) in [5, 5.41) is 0. The fraction of sp³-hybridized carbons (Fsp3) is 0.273. The number of rotatable bonds is 0. The molecule has 0 aliphatic heterocycles. The van der Waals surface area contributed by atoms with E-state index in [-0.39, 0.29) is 0 Å². The Morgan fingerprint density at radius 1 is 1.08 bits per heavy atom. The topological polar surface area (TPSA) is 4.41 Å². The van der Waals surface area contributed by atoms with Crippen LogP contribution < -0.4 is 0 Å². The van der Waals surface area contributed by atoms with Gasteiger partial charge in [0.05, 0.1) is 0 Å². The Kier molecular flexibility index (Phi) is 2.92. The van der Waals surface area contributed by atoms with Gasteiger partial charge in [-0.2, -0.15) is 0 Å². The van der Waals surface area contributed by atoms with E-state index in [9.17, 15) is 0 Å². The van der Waals surface area contributed by atoms with Crippen molar-refractivity contribution in [3.63, 3.8) is 0 Å². The lowest BCUT2D eigenvalue weighted by molar-refractivity contribution is 1.18. The molecule has 1 heteroatoms. The predicted molar refractivity (Wildman–Crippen MR) is 53.5 cm³/mol. The minimum absolute atomic E-state index is 1.26. The summed E-state index contributed by atoms with van der Waals surface area (Å²) >= 11 is 0. The zero-order valence-corrected chi connectivity index (χ0v) is 7.91. The molecule has 0 bridgehead atoms. The van der Waals surface area contributed by atoms with Crippen LogP contribution in [-0.2, 0) is 0 Å². The van der Waals surface area contributed by atoms with E-state index in [4.69, 9.17) is 0 Å². The maximum Gasteiger partial charge on any atom is 0.0452 e. The van der Waals surface area contributed by atoms with Crippen LogP contribution >= 0.6 is 0 Å². The second kappa shape index (κ2) is 3.96. The van der Waals surface area contributed by atoms with Crippen LogP contribution in [-0.4, -0.2) is 4.40 Å². The first-order chi connectivity index (χ1) is 5.86. The van der Waals surface area contributed by atoms with Gasteiger partial charge >= 0.3 is 0 Å². The van der Waals surface area contributed by atoms with Crippen LogP contribution in [0.5, 0.6) is 0 Å². The smallest absolute Gasteiger partial charge is 0.0452 e. The van der Waals surface area contributed by atoms with Gasteiger partial charge in [0.2, 0.25) is 0 Å². The summed E-state index contributed by atoms with van der Waals surface area (Å²) in [7, 11) is 0. The van der Waals surface area contributed by atoms with E-state index >= 15 is 0 Å². The maximum atomic E-state index is 2.17. The Bertz CT molecular complexity index is 347. The van der Waals surface area contributed by atoms with Gasteiger partial charge in [-0.3, -0.25) is 0 Å². The van der Waals surface area contributed by atoms with Crippen molar-refractivity contribution in [2.75, 3.05) is 0 Å². The van der Waals surface area contributed by atoms with Gasteiger partial charge in [-0.05, 0) is 36.8 Å². The fourth-order valence-electron chi connectivity index (χ4n) is 1.14. The SMILES string of the molecule is CC.Cc1ccn2cccc2c1. The summed E-state index contributed by atoms with van der Waals surface area (Å²) in [5.74, 6) is 0. The maximum absolute atomic E-state index is 2.17. The van der Waals surface area contributed by atoms with Gasteiger partial charge in [0.1, 0.15) is 0 Å². The first-order valence-corrected chi connectivity index (χ1v) is 4.39. The Labute approximate surface area is 73.7 Å². The van der Waals surface area contributed by atoms with Gasteiger partial charge in [-0.25, -0.2) is 0 Å². The van der Waals surface area contributed by atoms with Gasteiger partial charge in [0.15, 0.2) is 0 Å². The number of hydrogen-bond acceptors (Lipinski definition) is 0. The minimum Gasteiger partial charge on any atom is -0.324 e. The lowest BCUT2D eigenvalue weighted by Crippen LogP contribution is -1.80. The Morgan fingerprint density at radius 3 is 2.58 bits per heavy atom. The van der Waals surface area contributed by atoms with Crippen molar-refractivity contribution in [2.45, 2.75) is 20.8 Å². The molecule has 2 rings (SSSR count). The van der Waals surface area contributed by atoms with E-state index in [1.165, 1.54) is 11.1 Å². The molecule has 0 aliphatic carbocycles. The van der Waals surface area contributed by atoms with Gasteiger partial charge in [-0.1, -0.05) is 13.8 Å². The molecule has 2 aromatic heterocycles. The van der Waals surface area contributed by atoms with Crippen molar-refractivity contribution < 1.29 is 0 Å². The van der Waals surface area contributed by atoms with Crippen molar-refractivity contribution >= 4 is 5.52 Å². The molecule has 0 aromatic carbocycles. The summed E-state index contributed by atoms with van der Waals surface area (Å²) in [6.07, 6.45) is 4.12. The van der Waals surface area contributed by atoms with Crippen LogP contribution in [0.1, 0.15) is 19.4 Å². The zero-order chi connectivity index (χ0) is 8.97. The van der Waals surface area contributed by atoms with Crippen LogP contribution in [0, 0.1) is 6.92 Å². The quantitative estimate of drug-likeness (QED) is 0.558. The number of hydrogen-bond donors (Lipinski definition) is 0. The molecule has 0 amide bonds. The van der Waals surface area contributed by atoms with Gasteiger partial charge in [-0.15, -0.1) is 0 Å². The van der Waals surface area contributed by atoms with Crippen LogP contribution in [0.25, 0.3) is 5.52 Å². The van der Waals surface area contributed by atoms with Crippen LogP contribution in [0.4, 0.5) is 0 Å². The molecule has 0 spiro atoms. The molecule has 0 saturated carbocycles. The summed E-state index contributed by atoms with van der Waals surface area (Å²) in [4.78, 5) is 0. The lowest BCUT2D eigenvalue weighted by Gasteiger charge is -1.94. The predicted octanol–water partition coefficient (Wildman–Crippen LogP) is 3.27. The number of nitrogens with zero attached hydrogens (tertiary/aromatic N) is 1. The van der Waals surface area contributed by atoms with Crippen molar-refractivity contribution in [3.05, 3.63) is 42.2 Å². The average molecular weight is 161 g/mol. The lowest BCUT2D eigenvalue weighted by atomic mass is 10.3. The molecule has 0 saturated heterocycles. The minimum atomic E-state index is 1.26. The summed E-state index contributed by atoms with van der Waals surface area (Å²) < 4.78 is 2.10. The van der Waals surface area contributed by atoms with Crippen LogP contribution in [0.2, 0.25) is 0 Å². The highest BCUT2D eigenvalue weighted by Gasteiger charge is 1.88. The van der Waals surface area contributed by atoms with E-state index in [1.54, 1.807) is 0 Å². The molecule has 0 fully saturated rings. The standard InChI is InChI=1S/C9H9N.C2H6/c1-8-4-6-10-5-2-3-9(10)7-8;1-2/h2-7H,1H3;1-2H3. The van der Waals surface area contributed by atoms with Crippen LogP contribution in [0.3, 0.4) is 0 Å². The van der Waals surface area contributed by atoms with Crippen molar-refractivity contribution in [1.82, 2.24) is 4.40 Å². The first-order valence-electron chi connectivity index (χ1n) is 4.39.